The predicted molar refractivity (Wildman–Crippen MR) is 112 cm³/mol. The molecule has 31 heavy (non-hydrogen) atoms. The lowest BCUT2D eigenvalue weighted by molar-refractivity contribution is 0.0703. The summed E-state index contributed by atoms with van der Waals surface area (Å²) < 4.78 is 21.6. The van der Waals surface area contributed by atoms with Crippen LogP contribution in [0.1, 0.15) is 40.8 Å². The minimum Gasteiger partial charge on any atom is -0.493 e. The van der Waals surface area contributed by atoms with Gasteiger partial charge in [-0.05, 0) is 43.2 Å². The minimum atomic E-state index is -0.0539. The Morgan fingerprint density at radius 1 is 1.13 bits per heavy atom. The molecule has 0 bridgehead atoms. The maximum Gasteiger partial charge on any atom is 0.264 e. The van der Waals surface area contributed by atoms with E-state index in [0.717, 1.165) is 18.6 Å². The van der Waals surface area contributed by atoms with Gasteiger partial charge in [0.15, 0.2) is 23.9 Å². The van der Waals surface area contributed by atoms with E-state index in [1.165, 1.54) is 0 Å². The van der Waals surface area contributed by atoms with E-state index < -0.39 is 0 Å². The molecule has 1 atom stereocenters. The molecule has 1 unspecified atom stereocenters. The minimum absolute atomic E-state index is 0.0204. The summed E-state index contributed by atoms with van der Waals surface area (Å²) in [6.45, 7) is 1.43. The molecule has 2 heterocycles. The fourth-order valence-corrected chi connectivity index (χ4v) is 3.68. The lowest BCUT2D eigenvalue weighted by atomic mass is 9.96. The number of para-hydroxylation sites is 1. The van der Waals surface area contributed by atoms with Crippen LogP contribution in [-0.2, 0) is 6.61 Å². The Labute approximate surface area is 180 Å². The molecule has 1 aliphatic heterocycles. The van der Waals surface area contributed by atoms with Gasteiger partial charge in [0, 0.05) is 24.6 Å². The van der Waals surface area contributed by atoms with Crippen LogP contribution in [0.2, 0.25) is 0 Å². The zero-order valence-corrected chi connectivity index (χ0v) is 17.6. The summed E-state index contributed by atoms with van der Waals surface area (Å²) in [5.41, 5.74) is 0.559. The highest BCUT2D eigenvalue weighted by Crippen LogP contribution is 2.30. The number of rotatable bonds is 7. The van der Waals surface area contributed by atoms with E-state index in [1.807, 2.05) is 35.2 Å². The van der Waals surface area contributed by atoms with E-state index in [1.54, 1.807) is 32.4 Å². The van der Waals surface area contributed by atoms with Gasteiger partial charge in [0.1, 0.15) is 5.75 Å². The number of carbonyl (C=O) groups excluding carboxylic acids is 1. The molecule has 1 fully saturated rings. The molecular formula is C23H25N3O5. The van der Waals surface area contributed by atoms with E-state index >= 15 is 0 Å². The number of likely N-dealkylation sites (tertiary alicyclic amines) is 1. The molecule has 2 aromatic carbocycles. The molecule has 0 saturated carbocycles. The second-order valence-corrected chi connectivity index (χ2v) is 7.31. The van der Waals surface area contributed by atoms with Crippen molar-refractivity contribution in [3.63, 3.8) is 0 Å². The highest BCUT2D eigenvalue weighted by atomic mass is 16.5. The van der Waals surface area contributed by atoms with Gasteiger partial charge in [-0.1, -0.05) is 23.4 Å². The first-order valence-corrected chi connectivity index (χ1v) is 10.2. The van der Waals surface area contributed by atoms with Crippen molar-refractivity contribution in [2.45, 2.75) is 25.4 Å². The molecule has 1 saturated heterocycles. The van der Waals surface area contributed by atoms with E-state index in [0.29, 0.717) is 41.9 Å². The normalized spacial score (nSPS) is 16.1. The molecule has 1 aliphatic rings. The van der Waals surface area contributed by atoms with Gasteiger partial charge in [-0.2, -0.15) is 4.98 Å². The number of nitrogens with zero attached hydrogens (tertiary/aromatic N) is 3. The van der Waals surface area contributed by atoms with Crippen molar-refractivity contribution in [1.82, 2.24) is 15.0 Å². The van der Waals surface area contributed by atoms with Crippen LogP contribution in [0.4, 0.5) is 0 Å². The highest BCUT2D eigenvalue weighted by molar-refractivity contribution is 5.95. The summed E-state index contributed by atoms with van der Waals surface area (Å²) in [6, 6.07) is 14.7. The van der Waals surface area contributed by atoms with Gasteiger partial charge >= 0.3 is 0 Å². The number of hydrogen-bond donors (Lipinski definition) is 0. The summed E-state index contributed by atoms with van der Waals surface area (Å²) in [5, 5.41) is 4.13. The Bertz CT molecular complexity index is 1020. The third kappa shape index (κ3) is 4.79. The van der Waals surface area contributed by atoms with Crippen LogP contribution in [0, 0.1) is 0 Å². The van der Waals surface area contributed by atoms with Crippen molar-refractivity contribution in [2.75, 3.05) is 27.3 Å². The van der Waals surface area contributed by atoms with Crippen molar-refractivity contribution in [3.8, 4) is 17.2 Å². The Balaban J connectivity index is 1.40. The molecule has 4 rings (SSSR count). The molecule has 0 radical (unpaired) electrons. The van der Waals surface area contributed by atoms with E-state index in [4.69, 9.17) is 18.7 Å². The Kier molecular flexibility index (Phi) is 6.35. The molecule has 3 aromatic rings. The topological polar surface area (TPSA) is 86.9 Å². The van der Waals surface area contributed by atoms with Crippen molar-refractivity contribution < 1.29 is 23.5 Å². The highest BCUT2D eigenvalue weighted by Gasteiger charge is 2.29. The number of ether oxygens (including phenoxy) is 3. The lowest BCUT2D eigenvalue weighted by Crippen LogP contribution is -2.39. The maximum absolute atomic E-state index is 13.1. The number of methoxy groups -OCH3 is 2. The van der Waals surface area contributed by atoms with Crippen molar-refractivity contribution in [3.05, 3.63) is 65.8 Å². The molecule has 0 N–H and O–H groups in total. The standard InChI is InChI=1S/C23H25N3O5/c1-28-19-11-10-16(13-20(19)29-2)23(27)26-12-6-7-17(14-26)22-24-21(31-25-22)15-30-18-8-4-3-5-9-18/h3-5,8-11,13,17H,6-7,12,14-15H2,1-2H3. The third-order valence-corrected chi connectivity index (χ3v) is 5.29. The second-order valence-electron chi connectivity index (χ2n) is 7.31. The molecule has 0 aliphatic carbocycles. The summed E-state index contributed by atoms with van der Waals surface area (Å²) in [7, 11) is 3.12. The fraction of sp³-hybridized carbons (Fsp3) is 0.348. The average Bonchev–Trinajstić information content (AvgIpc) is 3.32. The molecule has 1 aromatic heterocycles. The number of benzene rings is 2. The SMILES string of the molecule is COc1ccc(C(=O)N2CCCC(c3noc(COc4ccccc4)n3)C2)cc1OC. The summed E-state index contributed by atoms with van der Waals surface area (Å²) in [5.74, 6) is 2.86. The zero-order valence-electron chi connectivity index (χ0n) is 17.6. The van der Waals surface area contributed by atoms with Crippen molar-refractivity contribution in [2.24, 2.45) is 0 Å². The monoisotopic (exact) mass is 423 g/mol. The maximum atomic E-state index is 13.1. The predicted octanol–water partition coefficient (Wildman–Crippen LogP) is 3.69. The zero-order chi connectivity index (χ0) is 21.6. The first-order valence-electron chi connectivity index (χ1n) is 10.2. The van der Waals surface area contributed by atoms with Crippen LogP contribution >= 0.6 is 0 Å². The number of piperidine rings is 1. The molecule has 8 nitrogen and oxygen atoms in total. The Hall–Kier alpha value is -3.55. The fourth-order valence-electron chi connectivity index (χ4n) is 3.68. The van der Waals surface area contributed by atoms with Crippen LogP contribution in [0.5, 0.6) is 17.2 Å². The third-order valence-electron chi connectivity index (χ3n) is 5.29. The van der Waals surface area contributed by atoms with E-state index in [9.17, 15) is 4.79 Å². The molecular weight excluding hydrogens is 398 g/mol. The van der Waals surface area contributed by atoms with E-state index in [-0.39, 0.29) is 18.4 Å². The Morgan fingerprint density at radius 3 is 2.71 bits per heavy atom. The summed E-state index contributed by atoms with van der Waals surface area (Å²) in [4.78, 5) is 19.4. The van der Waals surface area contributed by atoms with Gasteiger partial charge in [0.05, 0.1) is 14.2 Å². The first kappa shape index (κ1) is 20.7. The molecule has 8 heteroatoms. The number of hydrogen-bond acceptors (Lipinski definition) is 7. The van der Waals surface area contributed by atoms with Crippen molar-refractivity contribution in [1.29, 1.82) is 0 Å². The van der Waals surface area contributed by atoms with Gasteiger partial charge in [-0.25, -0.2) is 0 Å². The quantitative estimate of drug-likeness (QED) is 0.573. The van der Waals surface area contributed by atoms with E-state index in [2.05, 4.69) is 10.1 Å². The van der Waals surface area contributed by atoms with Crippen molar-refractivity contribution >= 4 is 5.91 Å². The number of amides is 1. The molecule has 162 valence electrons. The van der Waals surface area contributed by atoms with Gasteiger partial charge in [-0.3, -0.25) is 4.79 Å². The summed E-state index contributed by atoms with van der Waals surface area (Å²) >= 11 is 0. The van der Waals surface area contributed by atoms with Crippen LogP contribution in [0.3, 0.4) is 0 Å². The van der Waals surface area contributed by atoms with Gasteiger partial charge in [0.25, 0.3) is 11.8 Å². The number of carbonyl (C=O) groups is 1. The second kappa shape index (κ2) is 9.51. The van der Waals surface area contributed by atoms with Crippen LogP contribution in [0.25, 0.3) is 0 Å². The summed E-state index contributed by atoms with van der Waals surface area (Å²) in [6.07, 6.45) is 1.77. The molecule has 0 spiro atoms. The smallest absolute Gasteiger partial charge is 0.264 e. The van der Waals surface area contributed by atoms with Gasteiger partial charge in [0.2, 0.25) is 0 Å². The number of aromatic nitrogens is 2. The molecule has 1 amide bonds. The lowest BCUT2D eigenvalue weighted by Gasteiger charge is -2.31. The average molecular weight is 423 g/mol. The largest absolute Gasteiger partial charge is 0.493 e. The Morgan fingerprint density at radius 2 is 1.94 bits per heavy atom. The van der Waals surface area contributed by atoms with Crippen LogP contribution in [-0.4, -0.2) is 48.3 Å². The van der Waals surface area contributed by atoms with Gasteiger partial charge < -0.3 is 23.6 Å². The van der Waals surface area contributed by atoms with Crippen LogP contribution < -0.4 is 14.2 Å². The van der Waals surface area contributed by atoms with Crippen LogP contribution in [0.15, 0.2) is 53.1 Å². The van der Waals surface area contributed by atoms with Gasteiger partial charge in [-0.15, -0.1) is 0 Å². The first-order chi connectivity index (χ1) is 15.2.